The Hall–Kier alpha value is -4.26. The van der Waals surface area contributed by atoms with Gasteiger partial charge in [-0.1, -0.05) is 18.2 Å². The summed E-state index contributed by atoms with van der Waals surface area (Å²) in [5.74, 6) is 2.23. The van der Waals surface area contributed by atoms with E-state index in [1.165, 1.54) is 11.6 Å². The zero-order valence-electron chi connectivity index (χ0n) is 21.8. The molecular formula is C31H32N2O5. The summed E-state index contributed by atoms with van der Waals surface area (Å²) < 4.78 is 17.1. The number of nitrogens with zero attached hydrogens (tertiary/aromatic N) is 2. The molecule has 0 radical (unpaired) electrons. The Kier molecular flexibility index (Phi) is 7.63. The Bertz CT molecular complexity index is 1390. The molecule has 2 heterocycles. The number of hydrogen-bond acceptors (Lipinski definition) is 6. The van der Waals surface area contributed by atoms with Gasteiger partial charge in [0.2, 0.25) is 5.91 Å². The second-order valence-corrected chi connectivity index (χ2v) is 9.68. The van der Waals surface area contributed by atoms with Gasteiger partial charge in [-0.15, -0.1) is 0 Å². The Balaban J connectivity index is 1.19. The maximum absolute atomic E-state index is 11.8. The van der Waals surface area contributed by atoms with E-state index in [-0.39, 0.29) is 11.8 Å². The molecule has 0 saturated carbocycles. The van der Waals surface area contributed by atoms with E-state index in [0.29, 0.717) is 25.4 Å². The van der Waals surface area contributed by atoms with Crippen LogP contribution in [0, 0.1) is 13.8 Å². The van der Waals surface area contributed by atoms with Gasteiger partial charge in [0.05, 0.1) is 6.61 Å². The predicted octanol–water partition coefficient (Wildman–Crippen LogP) is 6.30. The fourth-order valence-corrected chi connectivity index (χ4v) is 4.95. The number of ether oxygens (including phenoxy) is 2. The van der Waals surface area contributed by atoms with Crippen molar-refractivity contribution in [3.8, 4) is 39.8 Å². The molecule has 1 aliphatic heterocycles. The third-order valence-electron chi connectivity index (χ3n) is 6.78. The van der Waals surface area contributed by atoms with Crippen LogP contribution in [0.3, 0.4) is 0 Å². The molecule has 0 unspecified atom stereocenters. The average Bonchev–Trinajstić information content (AvgIpc) is 3.53. The second-order valence-electron chi connectivity index (χ2n) is 9.68. The van der Waals surface area contributed by atoms with E-state index < -0.39 is 0 Å². The van der Waals surface area contributed by atoms with Gasteiger partial charge in [-0.3, -0.25) is 4.79 Å². The highest BCUT2D eigenvalue weighted by molar-refractivity contribution is 5.78. The molecule has 7 nitrogen and oxygen atoms in total. The minimum Gasteiger partial charge on any atom is -0.494 e. The molecule has 5 rings (SSSR count). The number of carbonyl (C=O) groups excluding carboxylic acids is 1. The highest BCUT2D eigenvalue weighted by Gasteiger charge is 2.19. The maximum atomic E-state index is 11.8. The Labute approximate surface area is 222 Å². The molecular weight excluding hydrogens is 480 g/mol. The quantitative estimate of drug-likeness (QED) is 0.251. The molecule has 7 heteroatoms. The molecule has 1 fully saturated rings. The van der Waals surface area contributed by atoms with E-state index in [9.17, 15) is 9.90 Å². The minimum atomic E-state index is -0.139. The van der Waals surface area contributed by atoms with E-state index in [0.717, 1.165) is 65.2 Å². The first-order valence-corrected chi connectivity index (χ1v) is 13.0. The van der Waals surface area contributed by atoms with Crippen LogP contribution in [0.15, 0.2) is 71.3 Å². The number of hydrogen-bond donors (Lipinski definition) is 1. The smallest absolute Gasteiger partial charge is 0.252 e. The van der Waals surface area contributed by atoms with Crippen molar-refractivity contribution in [3.05, 3.63) is 83.4 Å². The molecule has 0 aliphatic carbocycles. The highest BCUT2D eigenvalue weighted by Crippen LogP contribution is 2.32. The minimum absolute atomic E-state index is 0.139. The van der Waals surface area contributed by atoms with Crippen molar-refractivity contribution in [1.82, 2.24) is 10.1 Å². The zero-order chi connectivity index (χ0) is 26.5. The molecule has 1 N–H and O–H groups in total. The standard InChI is InChI=1S/C31H32N2O5/c1-21-16-27(36-15-5-14-33-13-4-8-30(33)35)17-22(2)31(21)25-7-3-6-23(18-25)20-37-26-11-9-24(10-12-26)28-19-29(34)32-38-28/h3,6-7,9-12,16-19H,4-5,8,13-15,20H2,1-2H3,(H,32,34). The lowest BCUT2D eigenvalue weighted by molar-refractivity contribution is -0.127. The van der Waals surface area contributed by atoms with Gasteiger partial charge < -0.3 is 24.0 Å². The van der Waals surface area contributed by atoms with E-state index in [4.69, 9.17) is 14.0 Å². The average molecular weight is 513 g/mol. The van der Waals surface area contributed by atoms with E-state index in [1.807, 2.05) is 29.2 Å². The second kappa shape index (κ2) is 11.4. The third-order valence-corrected chi connectivity index (χ3v) is 6.78. The molecule has 4 aromatic rings. The van der Waals surface area contributed by atoms with E-state index in [1.54, 1.807) is 0 Å². The van der Waals surface area contributed by atoms with Crippen LogP contribution in [-0.2, 0) is 11.4 Å². The van der Waals surface area contributed by atoms with Gasteiger partial charge in [0.25, 0.3) is 5.88 Å². The topological polar surface area (TPSA) is 85.0 Å². The lowest BCUT2D eigenvalue weighted by Gasteiger charge is -2.17. The summed E-state index contributed by atoms with van der Waals surface area (Å²) >= 11 is 0. The maximum Gasteiger partial charge on any atom is 0.252 e. The summed E-state index contributed by atoms with van der Waals surface area (Å²) in [6.45, 7) is 6.89. The Morgan fingerprint density at radius 1 is 0.947 bits per heavy atom. The summed E-state index contributed by atoms with van der Waals surface area (Å²) in [6.07, 6.45) is 2.48. The van der Waals surface area contributed by atoms with Gasteiger partial charge >= 0.3 is 0 Å². The van der Waals surface area contributed by atoms with Crippen LogP contribution in [0.25, 0.3) is 22.5 Å². The van der Waals surface area contributed by atoms with Crippen molar-refractivity contribution >= 4 is 5.91 Å². The number of likely N-dealkylation sites (tertiary alicyclic amines) is 1. The summed E-state index contributed by atoms with van der Waals surface area (Å²) in [7, 11) is 0. The van der Waals surface area contributed by atoms with Crippen molar-refractivity contribution in [1.29, 1.82) is 0 Å². The molecule has 1 aliphatic rings. The van der Waals surface area contributed by atoms with Crippen molar-refractivity contribution in [2.75, 3.05) is 19.7 Å². The highest BCUT2D eigenvalue weighted by atomic mass is 16.5. The molecule has 1 saturated heterocycles. The molecule has 38 heavy (non-hydrogen) atoms. The Morgan fingerprint density at radius 3 is 2.42 bits per heavy atom. The molecule has 1 aromatic heterocycles. The summed E-state index contributed by atoms with van der Waals surface area (Å²) in [4.78, 5) is 13.7. The van der Waals surface area contributed by atoms with Crippen LogP contribution in [0.5, 0.6) is 17.4 Å². The van der Waals surface area contributed by atoms with Gasteiger partial charge in [-0.05, 0) is 102 Å². The number of carbonyl (C=O) groups is 1. The van der Waals surface area contributed by atoms with Crippen molar-refractivity contribution in [3.63, 3.8) is 0 Å². The van der Waals surface area contributed by atoms with Crippen LogP contribution in [0.2, 0.25) is 0 Å². The fraction of sp³-hybridized carbons (Fsp3) is 0.290. The normalized spacial score (nSPS) is 13.2. The van der Waals surface area contributed by atoms with Gasteiger partial charge in [0.15, 0.2) is 5.76 Å². The third kappa shape index (κ3) is 5.99. The number of rotatable bonds is 10. The van der Waals surface area contributed by atoms with E-state index >= 15 is 0 Å². The predicted molar refractivity (Wildman–Crippen MR) is 145 cm³/mol. The fourth-order valence-electron chi connectivity index (χ4n) is 4.95. The molecule has 0 spiro atoms. The largest absolute Gasteiger partial charge is 0.494 e. The van der Waals surface area contributed by atoms with Gasteiger partial charge in [0, 0.05) is 31.1 Å². The first kappa shape index (κ1) is 25.4. The number of benzene rings is 3. The summed E-state index contributed by atoms with van der Waals surface area (Å²) in [6, 6.07) is 21.5. The van der Waals surface area contributed by atoms with Crippen LogP contribution in [0.4, 0.5) is 0 Å². The monoisotopic (exact) mass is 512 g/mol. The van der Waals surface area contributed by atoms with Crippen molar-refractivity contribution < 1.29 is 23.9 Å². The van der Waals surface area contributed by atoms with Crippen LogP contribution in [0.1, 0.15) is 36.0 Å². The van der Waals surface area contributed by atoms with Crippen LogP contribution >= 0.6 is 0 Å². The van der Waals surface area contributed by atoms with Gasteiger partial charge in [0.1, 0.15) is 18.1 Å². The van der Waals surface area contributed by atoms with Gasteiger partial charge in [-0.2, -0.15) is 0 Å². The molecule has 0 atom stereocenters. The summed E-state index contributed by atoms with van der Waals surface area (Å²) in [5.41, 5.74) is 6.53. The molecule has 3 aromatic carbocycles. The SMILES string of the molecule is Cc1cc(OCCCN2CCCC2=O)cc(C)c1-c1cccc(COc2ccc(-c3cc(O)no3)cc2)c1. The van der Waals surface area contributed by atoms with Crippen molar-refractivity contribution in [2.45, 2.75) is 39.7 Å². The van der Waals surface area contributed by atoms with E-state index in [2.05, 4.69) is 55.4 Å². The van der Waals surface area contributed by atoms with Crippen LogP contribution < -0.4 is 9.47 Å². The first-order chi connectivity index (χ1) is 18.5. The number of aromatic nitrogens is 1. The molecule has 0 bridgehead atoms. The lowest BCUT2D eigenvalue weighted by Crippen LogP contribution is -2.26. The number of aromatic hydroxyl groups is 1. The molecule has 196 valence electrons. The molecule has 1 amide bonds. The first-order valence-electron chi connectivity index (χ1n) is 13.0. The number of aryl methyl sites for hydroxylation is 2. The lowest BCUT2D eigenvalue weighted by atomic mass is 9.94. The Morgan fingerprint density at radius 2 is 1.74 bits per heavy atom. The number of amides is 1. The zero-order valence-corrected chi connectivity index (χ0v) is 21.8. The van der Waals surface area contributed by atoms with Gasteiger partial charge in [-0.25, -0.2) is 0 Å². The van der Waals surface area contributed by atoms with Crippen LogP contribution in [-0.4, -0.2) is 40.8 Å². The summed E-state index contributed by atoms with van der Waals surface area (Å²) in [5, 5.41) is 12.9. The van der Waals surface area contributed by atoms with Crippen molar-refractivity contribution in [2.24, 2.45) is 0 Å².